The molecule has 0 bridgehead atoms. The molecule has 2 N–H and O–H groups in total. The molecule has 0 saturated heterocycles. The number of hydrogen-bond donors (Lipinski definition) is 2. The third kappa shape index (κ3) is 5.69. The third-order valence-corrected chi connectivity index (χ3v) is 7.68. The lowest BCUT2D eigenvalue weighted by atomic mass is 9.93. The van der Waals surface area contributed by atoms with Gasteiger partial charge in [0.05, 0.1) is 52.7 Å². The molecule has 1 amide bonds. The number of para-hydroxylation sites is 2. The molecule has 1 aromatic heterocycles. The van der Waals surface area contributed by atoms with Gasteiger partial charge in [0, 0.05) is 31.6 Å². The molecule has 1 aliphatic heterocycles. The molecule has 9 nitrogen and oxygen atoms in total. The molecule has 0 spiro atoms. The molecule has 3 aliphatic rings. The largest absolute Gasteiger partial charge is 0.480 e. The Morgan fingerprint density at radius 3 is 2.48 bits per heavy atom. The monoisotopic (exact) mass is 562 g/mol. The summed E-state index contributed by atoms with van der Waals surface area (Å²) in [4.78, 5) is 26.3. The van der Waals surface area contributed by atoms with Crippen molar-refractivity contribution in [1.82, 2.24) is 14.5 Å². The van der Waals surface area contributed by atoms with Gasteiger partial charge in [0.1, 0.15) is 5.69 Å². The summed E-state index contributed by atoms with van der Waals surface area (Å²) < 4.78 is 13.3. The van der Waals surface area contributed by atoms with Crippen molar-refractivity contribution in [2.75, 3.05) is 24.9 Å². The number of aromatic nitrogens is 3. The zero-order valence-corrected chi connectivity index (χ0v) is 24.0. The van der Waals surface area contributed by atoms with E-state index in [0.29, 0.717) is 12.0 Å². The van der Waals surface area contributed by atoms with Crippen molar-refractivity contribution < 1.29 is 14.3 Å². The van der Waals surface area contributed by atoms with Gasteiger partial charge in [0.25, 0.3) is 0 Å². The number of carbonyl (C=O) groups is 1. The summed E-state index contributed by atoms with van der Waals surface area (Å²) in [6.45, 7) is 1.51. The smallest absolute Gasteiger partial charge is 0.237 e. The van der Waals surface area contributed by atoms with E-state index in [1.54, 1.807) is 20.4 Å². The molecule has 2 aromatic carbocycles. The van der Waals surface area contributed by atoms with Crippen LogP contribution in [0.2, 0.25) is 0 Å². The van der Waals surface area contributed by atoms with E-state index in [0.717, 1.165) is 76.2 Å². The van der Waals surface area contributed by atoms with Gasteiger partial charge in [-0.1, -0.05) is 12.1 Å². The fourth-order valence-electron chi connectivity index (χ4n) is 5.62. The quantitative estimate of drug-likeness (QED) is 0.233. The van der Waals surface area contributed by atoms with E-state index in [2.05, 4.69) is 38.4 Å². The number of benzene rings is 3. The number of methoxy groups -OCH3 is 2. The first kappa shape index (κ1) is 27.4. The Balaban J connectivity index is 1.55. The van der Waals surface area contributed by atoms with Gasteiger partial charge in [0.2, 0.25) is 11.8 Å². The van der Waals surface area contributed by atoms with Gasteiger partial charge >= 0.3 is 0 Å². The van der Waals surface area contributed by atoms with E-state index in [1.807, 2.05) is 54.6 Å². The van der Waals surface area contributed by atoms with Crippen molar-refractivity contribution in [3.05, 3.63) is 84.4 Å². The number of carbonyl (C=O) groups excluding carboxylic acids is 1. The van der Waals surface area contributed by atoms with E-state index in [1.165, 1.54) is 6.92 Å². The molecule has 42 heavy (non-hydrogen) atoms. The second-order valence-corrected chi connectivity index (χ2v) is 10.5. The predicted octanol–water partition coefficient (Wildman–Crippen LogP) is 6.09. The van der Waals surface area contributed by atoms with E-state index in [9.17, 15) is 4.79 Å². The summed E-state index contributed by atoms with van der Waals surface area (Å²) >= 11 is 0. The topological polar surface area (TPSA) is 103 Å². The number of amides is 1. The Morgan fingerprint density at radius 1 is 0.952 bits per heavy atom. The van der Waals surface area contributed by atoms with Crippen LogP contribution >= 0.6 is 0 Å². The minimum Gasteiger partial charge on any atom is -0.480 e. The number of nitrogens with one attached hydrogen (secondary N) is 2. The highest BCUT2D eigenvalue weighted by molar-refractivity contribution is 5.89. The Hall–Kier alpha value is -4.76. The fourth-order valence-corrected chi connectivity index (χ4v) is 5.62. The maximum atomic E-state index is 11.6. The molecule has 3 aromatic rings. The third-order valence-electron chi connectivity index (χ3n) is 7.68. The lowest BCUT2D eigenvalue weighted by Gasteiger charge is -2.25. The molecular weight excluding hydrogens is 528 g/mol. The van der Waals surface area contributed by atoms with Crippen LogP contribution in [0.4, 0.5) is 17.1 Å². The second kappa shape index (κ2) is 12.0. The Morgan fingerprint density at radius 2 is 1.74 bits per heavy atom. The van der Waals surface area contributed by atoms with E-state index in [4.69, 9.17) is 19.5 Å². The van der Waals surface area contributed by atoms with Crippen LogP contribution in [0.15, 0.2) is 84.0 Å². The van der Waals surface area contributed by atoms with Crippen molar-refractivity contribution in [3.63, 3.8) is 0 Å². The van der Waals surface area contributed by atoms with Crippen LogP contribution in [0.3, 0.4) is 0 Å². The Kier molecular flexibility index (Phi) is 7.83. The average molecular weight is 563 g/mol. The minimum absolute atomic E-state index is 0.105. The molecule has 1 fully saturated rings. The standard InChI is InChI=1S/C33H34N6O3/c1-21(40)35-22-10-14-24(15-11-22)39-31-9-5-4-7-26(31)37-30-19-28(38-27-8-6-18-34-33(27)42-3)29(20-32(30)39)36-23-12-16-25(41-2)17-13-23/h4-11,14-15,18-20,23,25,38H,12-13,16-17H2,1-3H3,(H,35,40). The molecule has 1 saturated carbocycles. The zero-order chi connectivity index (χ0) is 29.1. The maximum Gasteiger partial charge on any atom is 0.237 e. The van der Waals surface area contributed by atoms with Crippen LogP contribution < -0.4 is 20.7 Å². The van der Waals surface area contributed by atoms with Crippen LogP contribution in [0.1, 0.15) is 32.6 Å². The predicted molar refractivity (Wildman–Crippen MR) is 165 cm³/mol. The fraction of sp³-hybridized carbons (Fsp3) is 0.273. The van der Waals surface area contributed by atoms with Gasteiger partial charge in [-0.2, -0.15) is 0 Å². The number of hydrogen-bond acceptors (Lipinski definition) is 7. The molecule has 0 radical (unpaired) electrons. The van der Waals surface area contributed by atoms with Crippen LogP contribution in [0, 0.1) is 0 Å². The normalized spacial score (nSPS) is 17.4. The molecule has 0 atom stereocenters. The van der Waals surface area contributed by atoms with E-state index < -0.39 is 0 Å². The lowest BCUT2D eigenvalue weighted by Crippen LogP contribution is -2.25. The molecule has 6 rings (SSSR count). The highest BCUT2D eigenvalue weighted by Crippen LogP contribution is 2.32. The van der Waals surface area contributed by atoms with Crippen molar-refractivity contribution in [3.8, 4) is 23.0 Å². The summed E-state index contributed by atoms with van der Waals surface area (Å²) in [7, 11) is 3.40. The molecular formula is C33H34N6O3. The van der Waals surface area contributed by atoms with Crippen molar-refractivity contribution in [2.45, 2.75) is 44.8 Å². The molecule has 2 aliphatic carbocycles. The number of anilines is 3. The number of rotatable bonds is 7. The number of fused-ring (bicyclic) bond motifs is 2. The van der Waals surface area contributed by atoms with Gasteiger partial charge in [-0.05, 0) is 86.3 Å². The molecule has 0 unspecified atom stereocenters. The highest BCUT2D eigenvalue weighted by atomic mass is 16.5. The number of pyridine rings is 1. The number of ether oxygens (including phenoxy) is 2. The summed E-state index contributed by atoms with van der Waals surface area (Å²) in [5, 5.41) is 7.23. The molecule has 2 heterocycles. The minimum atomic E-state index is -0.105. The van der Waals surface area contributed by atoms with Gasteiger partial charge in [-0.15, -0.1) is 0 Å². The van der Waals surface area contributed by atoms with Crippen LogP contribution in [0.5, 0.6) is 5.88 Å². The van der Waals surface area contributed by atoms with Crippen molar-refractivity contribution in [1.29, 1.82) is 0 Å². The van der Waals surface area contributed by atoms with Crippen LogP contribution in [-0.4, -0.2) is 46.8 Å². The second-order valence-electron chi connectivity index (χ2n) is 10.5. The van der Waals surface area contributed by atoms with Crippen molar-refractivity contribution in [2.24, 2.45) is 4.99 Å². The van der Waals surface area contributed by atoms with E-state index >= 15 is 0 Å². The van der Waals surface area contributed by atoms with Crippen molar-refractivity contribution >= 4 is 34.0 Å². The van der Waals surface area contributed by atoms with Crippen LogP contribution in [0.25, 0.3) is 28.1 Å². The Labute approximate surface area is 244 Å². The summed E-state index contributed by atoms with van der Waals surface area (Å²) in [6, 6.07) is 24.1. The first-order valence-electron chi connectivity index (χ1n) is 14.2. The first-order chi connectivity index (χ1) is 20.5. The zero-order valence-electron chi connectivity index (χ0n) is 24.0. The van der Waals surface area contributed by atoms with Gasteiger partial charge in [-0.3, -0.25) is 9.79 Å². The maximum absolute atomic E-state index is 11.6. The summed E-state index contributed by atoms with van der Waals surface area (Å²) in [6.07, 6.45) is 5.91. The van der Waals surface area contributed by atoms with E-state index in [-0.39, 0.29) is 11.9 Å². The Bertz CT molecular complexity index is 1760. The highest BCUT2D eigenvalue weighted by Gasteiger charge is 2.22. The first-order valence-corrected chi connectivity index (χ1v) is 14.2. The van der Waals surface area contributed by atoms with Gasteiger partial charge in [0.15, 0.2) is 0 Å². The lowest BCUT2D eigenvalue weighted by molar-refractivity contribution is -0.114. The molecule has 9 heteroatoms. The van der Waals surface area contributed by atoms with Crippen LogP contribution in [-0.2, 0) is 9.53 Å². The van der Waals surface area contributed by atoms with Gasteiger partial charge in [-0.25, -0.2) is 9.97 Å². The summed E-state index contributed by atoms with van der Waals surface area (Å²) in [5.74, 6) is 0.399. The SMILES string of the molecule is COc1ncccc1Nc1cc2nc3ccccc3n(-c3ccc(NC(C)=O)cc3)c-2cc1=NC1CCC(OC)CC1. The van der Waals surface area contributed by atoms with Gasteiger partial charge < -0.3 is 24.7 Å². The summed E-state index contributed by atoms with van der Waals surface area (Å²) in [5.41, 5.74) is 6.85. The average Bonchev–Trinajstić information content (AvgIpc) is 3.01. The number of nitrogens with zero attached hydrogens (tertiary/aromatic N) is 4. The molecule has 214 valence electrons.